The number of hydrogen-bond donors (Lipinski definition) is 1. The molecule has 18 heavy (non-hydrogen) atoms. The van der Waals surface area contributed by atoms with Crippen LogP contribution in [0, 0.1) is 11.8 Å². The Hall–Kier alpha value is -0.820. The third-order valence-electron chi connectivity index (χ3n) is 3.09. The predicted octanol–water partition coefficient (Wildman–Crippen LogP) is 3.10. The number of hydrogen-bond acceptors (Lipinski definition) is 3. The maximum Gasteiger partial charge on any atom is 0.0540 e. The molecule has 0 fully saturated rings. The van der Waals surface area contributed by atoms with Crippen molar-refractivity contribution in [1.82, 2.24) is 4.90 Å². The first-order chi connectivity index (χ1) is 8.71. The van der Waals surface area contributed by atoms with E-state index in [1.165, 1.54) is 17.7 Å². The minimum atomic E-state index is 0.140. The molecule has 2 nitrogen and oxygen atoms in total. The minimum Gasteiger partial charge on any atom is -0.395 e. The number of nitrogens with zero attached hydrogens (tertiary/aromatic N) is 1. The molecule has 0 radical (unpaired) electrons. The molecule has 1 aromatic heterocycles. The van der Waals surface area contributed by atoms with E-state index in [-0.39, 0.29) is 6.61 Å². The fourth-order valence-corrected chi connectivity index (χ4v) is 2.91. The normalized spacial score (nSPS) is 10.8. The first-order valence-corrected chi connectivity index (χ1v) is 7.46. The Bertz CT molecular complexity index is 398. The molecular weight excluding hydrogens is 242 g/mol. The summed E-state index contributed by atoms with van der Waals surface area (Å²) in [6.07, 6.45) is 2.95. The Kier molecular flexibility index (Phi) is 7.04. The van der Waals surface area contributed by atoms with Gasteiger partial charge in [0, 0.05) is 34.8 Å². The molecule has 0 unspecified atom stereocenters. The van der Waals surface area contributed by atoms with Crippen LogP contribution in [-0.4, -0.2) is 29.7 Å². The van der Waals surface area contributed by atoms with Crippen molar-refractivity contribution in [3.63, 3.8) is 0 Å². The van der Waals surface area contributed by atoms with Gasteiger partial charge in [0.05, 0.1) is 6.61 Å². The van der Waals surface area contributed by atoms with E-state index in [1.54, 1.807) is 11.3 Å². The number of aliphatic hydroxyl groups excluding tert-OH is 1. The molecular formula is C15H23NOS. The van der Waals surface area contributed by atoms with Crippen molar-refractivity contribution in [1.29, 1.82) is 0 Å². The van der Waals surface area contributed by atoms with Crippen LogP contribution in [0.15, 0.2) is 11.4 Å². The van der Waals surface area contributed by atoms with E-state index >= 15 is 0 Å². The van der Waals surface area contributed by atoms with Crippen molar-refractivity contribution in [2.75, 3.05) is 13.7 Å². The highest BCUT2D eigenvalue weighted by molar-refractivity contribution is 7.10. The van der Waals surface area contributed by atoms with Gasteiger partial charge in [0.2, 0.25) is 0 Å². The van der Waals surface area contributed by atoms with Crippen molar-refractivity contribution >= 4 is 11.3 Å². The lowest BCUT2D eigenvalue weighted by molar-refractivity contribution is 0.223. The first-order valence-electron chi connectivity index (χ1n) is 6.58. The van der Waals surface area contributed by atoms with Gasteiger partial charge < -0.3 is 5.11 Å². The summed E-state index contributed by atoms with van der Waals surface area (Å²) in [6, 6.07) is 2.82. The van der Waals surface area contributed by atoms with Gasteiger partial charge >= 0.3 is 0 Å². The second kappa shape index (κ2) is 8.31. The molecule has 3 heteroatoms. The van der Waals surface area contributed by atoms with E-state index in [4.69, 9.17) is 5.11 Å². The van der Waals surface area contributed by atoms with E-state index in [0.29, 0.717) is 12.5 Å². The lowest BCUT2D eigenvalue weighted by Gasteiger charge is -2.25. The Labute approximate surface area is 115 Å². The van der Waals surface area contributed by atoms with E-state index in [0.717, 1.165) is 12.1 Å². The van der Waals surface area contributed by atoms with Gasteiger partial charge in [-0.15, -0.1) is 11.3 Å². The van der Waals surface area contributed by atoms with Crippen molar-refractivity contribution in [2.24, 2.45) is 0 Å². The number of rotatable bonds is 6. The minimum absolute atomic E-state index is 0.140. The van der Waals surface area contributed by atoms with Gasteiger partial charge in [-0.05, 0) is 26.0 Å². The van der Waals surface area contributed by atoms with Crippen LogP contribution in [0.4, 0.5) is 0 Å². The van der Waals surface area contributed by atoms with Crippen molar-refractivity contribution < 1.29 is 5.11 Å². The van der Waals surface area contributed by atoms with Crippen LogP contribution in [0.25, 0.3) is 0 Å². The van der Waals surface area contributed by atoms with Crippen LogP contribution in [-0.2, 0) is 6.54 Å². The molecule has 0 spiro atoms. The van der Waals surface area contributed by atoms with Crippen LogP contribution in [0.3, 0.4) is 0 Å². The van der Waals surface area contributed by atoms with Crippen LogP contribution in [0.5, 0.6) is 0 Å². The van der Waals surface area contributed by atoms with E-state index in [1.807, 2.05) is 0 Å². The highest BCUT2D eigenvalue weighted by atomic mass is 32.1. The first kappa shape index (κ1) is 15.2. The summed E-state index contributed by atoms with van der Waals surface area (Å²) in [5.74, 6) is 6.03. The zero-order valence-electron chi connectivity index (χ0n) is 11.6. The molecule has 1 rings (SSSR count). The van der Waals surface area contributed by atoms with Gasteiger partial charge in [-0.1, -0.05) is 25.7 Å². The van der Waals surface area contributed by atoms with Gasteiger partial charge in [-0.2, -0.15) is 0 Å². The van der Waals surface area contributed by atoms with Crippen LogP contribution in [0.2, 0.25) is 0 Å². The van der Waals surface area contributed by atoms with E-state index in [9.17, 15) is 0 Å². The summed E-state index contributed by atoms with van der Waals surface area (Å²) < 4.78 is 0. The molecule has 0 aliphatic rings. The van der Waals surface area contributed by atoms with Gasteiger partial charge in [0.1, 0.15) is 0 Å². The molecule has 100 valence electrons. The summed E-state index contributed by atoms with van der Waals surface area (Å²) in [7, 11) is 2.19. The lowest BCUT2D eigenvalue weighted by Crippen LogP contribution is -2.29. The molecule has 0 saturated heterocycles. The summed E-state index contributed by atoms with van der Waals surface area (Å²) in [6.45, 7) is 5.62. The zero-order valence-corrected chi connectivity index (χ0v) is 12.4. The molecule has 0 aliphatic heterocycles. The molecule has 1 heterocycles. The smallest absolute Gasteiger partial charge is 0.0540 e. The maximum absolute atomic E-state index is 8.68. The van der Waals surface area contributed by atoms with Crippen molar-refractivity contribution in [3.05, 3.63) is 21.9 Å². The molecule has 0 aliphatic carbocycles. The molecule has 0 aromatic carbocycles. The molecule has 1 aromatic rings. The SMILES string of the molecule is CCC(CC)N(C)Cc1cc(C#CCCO)cs1. The van der Waals surface area contributed by atoms with Gasteiger partial charge in [-0.25, -0.2) is 0 Å². The second-order valence-corrected chi connectivity index (χ2v) is 5.46. The Morgan fingerprint density at radius 2 is 2.11 bits per heavy atom. The quantitative estimate of drug-likeness (QED) is 0.799. The van der Waals surface area contributed by atoms with Gasteiger partial charge in [0.15, 0.2) is 0 Å². The zero-order chi connectivity index (χ0) is 13.4. The van der Waals surface area contributed by atoms with Gasteiger partial charge in [-0.3, -0.25) is 4.90 Å². The summed E-state index contributed by atoms with van der Waals surface area (Å²) in [5, 5.41) is 10.8. The Morgan fingerprint density at radius 3 is 2.72 bits per heavy atom. The van der Waals surface area contributed by atoms with Crippen LogP contribution >= 0.6 is 11.3 Å². The fraction of sp³-hybridized carbons (Fsp3) is 0.600. The highest BCUT2D eigenvalue weighted by Gasteiger charge is 2.11. The molecule has 1 N–H and O–H groups in total. The van der Waals surface area contributed by atoms with Gasteiger partial charge in [0.25, 0.3) is 0 Å². The Balaban J connectivity index is 2.56. The monoisotopic (exact) mass is 265 g/mol. The van der Waals surface area contributed by atoms with Crippen LogP contribution < -0.4 is 0 Å². The summed E-state index contributed by atoms with van der Waals surface area (Å²) >= 11 is 1.77. The molecule has 0 amide bonds. The number of aliphatic hydroxyl groups is 1. The number of thiophene rings is 1. The third-order valence-corrected chi connectivity index (χ3v) is 4.02. The Morgan fingerprint density at radius 1 is 1.39 bits per heavy atom. The third kappa shape index (κ3) is 4.81. The summed E-state index contributed by atoms with van der Waals surface area (Å²) in [5.41, 5.74) is 1.07. The van der Waals surface area contributed by atoms with Crippen molar-refractivity contribution in [2.45, 2.75) is 45.7 Å². The second-order valence-electron chi connectivity index (χ2n) is 4.46. The maximum atomic E-state index is 8.68. The molecule has 0 saturated carbocycles. The topological polar surface area (TPSA) is 23.5 Å². The molecule has 0 bridgehead atoms. The lowest BCUT2D eigenvalue weighted by atomic mass is 10.1. The van der Waals surface area contributed by atoms with Crippen LogP contribution in [0.1, 0.15) is 43.6 Å². The molecule has 0 atom stereocenters. The van der Waals surface area contributed by atoms with E-state index < -0.39 is 0 Å². The highest BCUT2D eigenvalue weighted by Crippen LogP contribution is 2.18. The average Bonchev–Trinajstić information content (AvgIpc) is 2.79. The summed E-state index contributed by atoms with van der Waals surface area (Å²) in [4.78, 5) is 3.77. The largest absolute Gasteiger partial charge is 0.395 e. The predicted molar refractivity (Wildman–Crippen MR) is 78.7 cm³/mol. The van der Waals surface area contributed by atoms with E-state index in [2.05, 4.69) is 49.1 Å². The standard InChI is InChI=1S/C15H23NOS/c1-4-14(5-2)16(3)11-15-10-13(12-18-15)8-6-7-9-17/h10,12,14,17H,4-5,7,9,11H2,1-3H3. The fourth-order valence-electron chi connectivity index (χ4n) is 2.04. The average molecular weight is 265 g/mol. The van der Waals surface area contributed by atoms with Crippen molar-refractivity contribution in [3.8, 4) is 11.8 Å².